The summed E-state index contributed by atoms with van der Waals surface area (Å²) in [5.41, 5.74) is 0.832. The highest BCUT2D eigenvalue weighted by atomic mass is 19.1. The molecule has 1 N–H and O–H groups in total. The molecule has 112 valence electrons. The minimum atomic E-state index is -0.0876. The molecule has 1 heterocycles. The van der Waals surface area contributed by atoms with E-state index in [4.69, 9.17) is 4.74 Å². The van der Waals surface area contributed by atoms with Gasteiger partial charge in [0, 0.05) is 19.2 Å². The fourth-order valence-electron chi connectivity index (χ4n) is 2.81. The van der Waals surface area contributed by atoms with Crippen LogP contribution in [0.5, 0.6) is 0 Å². The fourth-order valence-corrected chi connectivity index (χ4v) is 2.81. The zero-order valence-electron chi connectivity index (χ0n) is 12.6. The van der Waals surface area contributed by atoms with Crippen molar-refractivity contribution in [3.63, 3.8) is 0 Å². The van der Waals surface area contributed by atoms with E-state index in [-0.39, 0.29) is 11.7 Å². The van der Waals surface area contributed by atoms with Gasteiger partial charge in [-0.1, -0.05) is 32.0 Å². The Morgan fingerprint density at radius 1 is 1.35 bits per heavy atom. The molecule has 20 heavy (non-hydrogen) atoms. The molecule has 0 bridgehead atoms. The second kappa shape index (κ2) is 7.75. The van der Waals surface area contributed by atoms with Crippen LogP contribution in [0.15, 0.2) is 24.3 Å². The van der Waals surface area contributed by atoms with Gasteiger partial charge in [0.05, 0.1) is 6.10 Å². The maximum atomic E-state index is 14.0. The van der Waals surface area contributed by atoms with Gasteiger partial charge in [-0.25, -0.2) is 4.39 Å². The number of benzene rings is 1. The molecule has 0 aliphatic carbocycles. The molecule has 0 aromatic heterocycles. The lowest BCUT2D eigenvalue weighted by atomic mass is 9.91. The molecule has 2 nitrogen and oxygen atoms in total. The van der Waals surface area contributed by atoms with Crippen molar-refractivity contribution < 1.29 is 9.13 Å². The van der Waals surface area contributed by atoms with Gasteiger partial charge in [0.2, 0.25) is 0 Å². The minimum Gasteiger partial charge on any atom is -0.378 e. The summed E-state index contributed by atoms with van der Waals surface area (Å²) in [6, 6.07) is 7.58. The molecular formula is C17H26FNO. The zero-order chi connectivity index (χ0) is 14.4. The summed E-state index contributed by atoms with van der Waals surface area (Å²) in [5, 5.41) is 3.44. The first kappa shape index (κ1) is 15.5. The highest BCUT2D eigenvalue weighted by Gasteiger charge is 2.20. The van der Waals surface area contributed by atoms with Crippen LogP contribution < -0.4 is 5.32 Å². The van der Waals surface area contributed by atoms with Crippen LogP contribution in [0.1, 0.15) is 51.0 Å². The normalized spacial score (nSPS) is 20.5. The molecule has 1 fully saturated rings. The van der Waals surface area contributed by atoms with Gasteiger partial charge < -0.3 is 10.1 Å². The summed E-state index contributed by atoms with van der Waals surface area (Å²) in [4.78, 5) is 0. The highest BCUT2D eigenvalue weighted by molar-refractivity contribution is 5.22. The molecule has 2 atom stereocenters. The van der Waals surface area contributed by atoms with Gasteiger partial charge in [0.25, 0.3) is 0 Å². The molecule has 2 rings (SSSR count). The van der Waals surface area contributed by atoms with Gasteiger partial charge in [-0.2, -0.15) is 0 Å². The lowest BCUT2D eigenvalue weighted by Gasteiger charge is -2.21. The summed E-state index contributed by atoms with van der Waals surface area (Å²) in [5.74, 6) is 0.137. The maximum Gasteiger partial charge on any atom is 0.126 e. The molecule has 0 saturated carbocycles. The summed E-state index contributed by atoms with van der Waals surface area (Å²) in [6.07, 6.45) is 4.70. The smallest absolute Gasteiger partial charge is 0.126 e. The van der Waals surface area contributed by atoms with Gasteiger partial charge in [0.15, 0.2) is 0 Å². The SMILES string of the molecule is CC(C)NCC(CCC1CCCO1)c1ccccc1F. The standard InChI is InChI=1S/C17H26FNO/c1-13(2)19-12-14(9-10-15-6-5-11-20-15)16-7-3-4-8-17(16)18/h3-4,7-8,13-15,19H,5-6,9-12H2,1-2H3. The van der Waals surface area contributed by atoms with Crippen molar-refractivity contribution in [2.24, 2.45) is 0 Å². The number of halogens is 1. The van der Waals surface area contributed by atoms with Gasteiger partial charge in [-0.05, 0) is 43.2 Å². The Labute approximate surface area is 121 Å². The first-order valence-electron chi connectivity index (χ1n) is 7.76. The van der Waals surface area contributed by atoms with Crippen molar-refractivity contribution in [1.29, 1.82) is 0 Å². The average Bonchev–Trinajstić information content (AvgIpc) is 2.93. The van der Waals surface area contributed by atoms with E-state index in [1.54, 1.807) is 12.1 Å². The van der Waals surface area contributed by atoms with Crippen LogP contribution in [0.4, 0.5) is 4.39 Å². The highest BCUT2D eigenvalue weighted by Crippen LogP contribution is 2.27. The Morgan fingerprint density at radius 2 is 2.15 bits per heavy atom. The number of hydrogen-bond acceptors (Lipinski definition) is 2. The Balaban J connectivity index is 1.97. The average molecular weight is 279 g/mol. The van der Waals surface area contributed by atoms with Crippen LogP contribution in [0.3, 0.4) is 0 Å². The van der Waals surface area contributed by atoms with Crippen LogP contribution >= 0.6 is 0 Å². The predicted octanol–water partition coefficient (Wildman–Crippen LogP) is 3.87. The quantitative estimate of drug-likeness (QED) is 0.818. The molecule has 1 aliphatic heterocycles. The van der Waals surface area contributed by atoms with Crippen molar-refractivity contribution in [3.05, 3.63) is 35.6 Å². The van der Waals surface area contributed by atoms with Crippen LogP contribution in [-0.4, -0.2) is 25.3 Å². The molecule has 1 aromatic rings. The first-order valence-corrected chi connectivity index (χ1v) is 7.76. The lowest BCUT2D eigenvalue weighted by molar-refractivity contribution is 0.100. The van der Waals surface area contributed by atoms with E-state index >= 15 is 0 Å². The third-order valence-electron chi connectivity index (χ3n) is 3.98. The molecule has 0 amide bonds. The lowest BCUT2D eigenvalue weighted by Crippen LogP contribution is -2.29. The third kappa shape index (κ3) is 4.57. The van der Waals surface area contributed by atoms with Crippen molar-refractivity contribution in [2.45, 2.75) is 57.6 Å². The summed E-state index contributed by atoms with van der Waals surface area (Å²) in [6.45, 7) is 5.96. The first-order chi connectivity index (χ1) is 9.66. The molecule has 3 heteroatoms. The van der Waals surface area contributed by atoms with E-state index in [1.807, 2.05) is 12.1 Å². The van der Waals surface area contributed by atoms with Crippen molar-refractivity contribution in [1.82, 2.24) is 5.32 Å². The Morgan fingerprint density at radius 3 is 2.80 bits per heavy atom. The van der Waals surface area contributed by atoms with Crippen LogP contribution in [0, 0.1) is 5.82 Å². The van der Waals surface area contributed by atoms with E-state index in [1.165, 1.54) is 6.42 Å². The number of ether oxygens (including phenoxy) is 1. The molecule has 1 aromatic carbocycles. The Kier molecular flexibility index (Phi) is 5.99. The summed E-state index contributed by atoms with van der Waals surface area (Å²) in [7, 11) is 0. The second-order valence-corrected chi connectivity index (χ2v) is 5.99. The minimum absolute atomic E-state index is 0.0876. The molecule has 1 saturated heterocycles. The van der Waals surface area contributed by atoms with Crippen molar-refractivity contribution in [3.8, 4) is 0 Å². The van der Waals surface area contributed by atoms with Crippen molar-refractivity contribution >= 4 is 0 Å². The second-order valence-electron chi connectivity index (χ2n) is 5.99. The fraction of sp³-hybridized carbons (Fsp3) is 0.647. The van der Waals surface area contributed by atoms with Gasteiger partial charge in [-0.15, -0.1) is 0 Å². The molecule has 2 unspecified atom stereocenters. The van der Waals surface area contributed by atoms with Gasteiger partial charge in [0.1, 0.15) is 5.82 Å². The van der Waals surface area contributed by atoms with Crippen LogP contribution in [0.25, 0.3) is 0 Å². The summed E-state index contributed by atoms with van der Waals surface area (Å²) >= 11 is 0. The van der Waals surface area contributed by atoms with Crippen LogP contribution in [-0.2, 0) is 4.74 Å². The van der Waals surface area contributed by atoms with E-state index in [9.17, 15) is 4.39 Å². The monoisotopic (exact) mass is 279 g/mol. The van der Waals surface area contributed by atoms with Crippen molar-refractivity contribution in [2.75, 3.05) is 13.2 Å². The number of nitrogens with one attached hydrogen (secondary N) is 1. The Hall–Kier alpha value is -0.930. The molecular weight excluding hydrogens is 253 g/mol. The predicted molar refractivity (Wildman–Crippen MR) is 80.5 cm³/mol. The molecule has 1 aliphatic rings. The van der Waals surface area contributed by atoms with E-state index in [0.717, 1.165) is 38.0 Å². The number of rotatable bonds is 7. The van der Waals surface area contributed by atoms with E-state index < -0.39 is 0 Å². The molecule has 0 radical (unpaired) electrons. The van der Waals surface area contributed by atoms with Gasteiger partial charge in [-0.3, -0.25) is 0 Å². The van der Waals surface area contributed by atoms with Gasteiger partial charge >= 0.3 is 0 Å². The molecule has 0 spiro atoms. The zero-order valence-corrected chi connectivity index (χ0v) is 12.6. The topological polar surface area (TPSA) is 21.3 Å². The van der Waals surface area contributed by atoms with E-state index in [2.05, 4.69) is 19.2 Å². The summed E-state index contributed by atoms with van der Waals surface area (Å²) < 4.78 is 19.7. The maximum absolute atomic E-state index is 14.0. The van der Waals surface area contributed by atoms with Crippen LogP contribution in [0.2, 0.25) is 0 Å². The third-order valence-corrected chi connectivity index (χ3v) is 3.98. The number of hydrogen-bond donors (Lipinski definition) is 1. The Bertz CT molecular complexity index is 402. The largest absolute Gasteiger partial charge is 0.378 e. The van der Waals surface area contributed by atoms with E-state index in [0.29, 0.717) is 12.1 Å².